The van der Waals surface area contributed by atoms with Crippen molar-refractivity contribution in [2.45, 2.75) is 38.3 Å². The molecule has 27 heavy (non-hydrogen) atoms. The minimum absolute atomic E-state index is 0. The summed E-state index contributed by atoms with van der Waals surface area (Å²) < 4.78 is 6.00. The van der Waals surface area contributed by atoms with Crippen LogP contribution in [-0.4, -0.2) is 50.2 Å². The van der Waals surface area contributed by atoms with Gasteiger partial charge < -0.3 is 15.4 Å². The molecule has 3 rings (SSSR count). The molecule has 6 heteroatoms. The second-order valence-corrected chi connectivity index (χ2v) is 7.30. The maximum Gasteiger partial charge on any atom is 0.191 e. The summed E-state index contributed by atoms with van der Waals surface area (Å²) >= 11 is 0. The van der Waals surface area contributed by atoms with Gasteiger partial charge in [0, 0.05) is 44.8 Å². The molecule has 2 N–H and O–H groups in total. The van der Waals surface area contributed by atoms with Crippen LogP contribution in [0.1, 0.15) is 31.2 Å². The van der Waals surface area contributed by atoms with Gasteiger partial charge in [-0.1, -0.05) is 24.3 Å². The molecule has 0 amide bonds. The summed E-state index contributed by atoms with van der Waals surface area (Å²) in [7, 11) is 1.83. The third-order valence-electron chi connectivity index (χ3n) is 5.13. The van der Waals surface area contributed by atoms with Crippen molar-refractivity contribution in [1.82, 2.24) is 15.5 Å². The van der Waals surface area contributed by atoms with E-state index in [2.05, 4.69) is 45.3 Å². The van der Waals surface area contributed by atoms with Crippen molar-refractivity contribution in [2.75, 3.05) is 33.3 Å². The fourth-order valence-corrected chi connectivity index (χ4v) is 3.29. The van der Waals surface area contributed by atoms with E-state index >= 15 is 0 Å². The van der Waals surface area contributed by atoms with Crippen LogP contribution in [0, 0.1) is 5.92 Å². The van der Waals surface area contributed by atoms with Crippen LogP contribution in [0.5, 0.6) is 5.75 Å². The zero-order valence-corrected chi connectivity index (χ0v) is 18.7. The molecule has 0 aromatic heterocycles. The summed E-state index contributed by atoms with van der Waals surface area (Å²) in [5.41, 5.74) is 1.18. The largest absolute Gasteiger partial charge is 0.493 e. The van der Waals surface area contributed by atoms with Crippen LogP contribution < -0.4 is 15.4 Å². The predicted octanol–water partition coefficient (Wildman–Crippen LogP) is 3.41. The first-order chi connectivity index (χ1) is 12.8. The summed E-state index contributed by atoms with van der Waals surface area (Å²) in [6.07, 6.45) is 6.87. The molecular weight excluding hydrogens is 451 g/mol. The number of nitrogens with one attached hydrogen (secondary N) is 2. The van der Waals surface area contributed by atoms with Crippen molar-refractivity contribution in [3.05, 3.63) is 42.5 Å². The molecule has 1 aliphatic carbocycles. The van der Waals surface area contributed by atoms with Crippen LogP contribution >= 0.6 is 24.0 Å². The Morgan fingerprint density at radius 3 is 2.67 bits per heavy atom. The molecule has 150 valence electrons. The Balaban J connectivity index is 0.00000261. The van der Waals surface area contributed by atoms with E-state index in [0.29, 0.717) is 6.04 Å². The number of aliphatic imine (C=N–C) groups is 1. The molecule has 0 radical (unpaired) electrons. The number of halogens is 1. The van der Waals surface area contributed by atoms with E-state index in [9.17, 15) is 0 Å². The summed E-state index contributed by atoms with van der Waals surface area (Å²) in [4.78, 5) is 6.83. The summed E-state index contributed by atoms with van der Waals surface area (Å²) in [6.45, 7) is 8.59. The van der Waals surface area contributed by atoms with Crippen molar-refractivity contribution < 1.29 is 4.74 Å². The molecular formula is C21H33IN4O. The Kier molecular flexibility index (Phi) is 9.41. The third-order valence-corrected chi connectivity index (χ3v) is 5.13. The average Bonchev–Trinajstić information content (AvgIpc) is 3.50. The van der Waals surface area contributed by atoms with Gasteiger partial charge in [-0.05, 0) is 37.7 Å². The number of para-hydroxylation sites is 1. The molecule has 0 spiro atoms. The van der Waals surface area contributed by atoms with Crippen LogP contribution in [0.3, 0.4) is 0 Å². The van der Waals surface area contributed by atoms with E-state index in [1.54, 1.807) is 0 Å². The number of benzene rings is 1. The summed E-state index contributed by atoms with van der Waals surface area (Å²) in [5.74, 6) is 2.61. The fraction of sp³-hybridized carbons (Fsp3) is 0.571. The van der Waals surface area contributed by atoms with E-state index in [4.69, 9.17) is 4.74 Å². The molecule has 1 aromatic carbocycles. The monoisotopic (exact) mass is 484 g/mol. The second kappa shape index (κ2) is 11.5. The lowest BCUT2D eigenvalue weighted by atomic mass is 10.1. The Bertz CT molecular complexity index is 610. The standard InChI is InChI=1S/C21H32N4O.HI/c1-3-12-25-13-10-19(11-14-25)24-21(22-2)23-15-18-6-4-5-7-20(18)26-16-17-8-9-17;/h3-7,17,19H,1,8-16H2,2H3,(H2,22,23,24);1H. The number of hydrogen-bond donors (Lipinski definition) is 2. The maximum absolute atomic E-state index is 6.00. The van der Waals surface area contributed by atoms with Gasteiger partial charge in [0.15, 0.2) is 5.96 Å². The van der Waals surface area contributed by atoms with Crippen LogP contribution in [0.25, 0.3) is 0 Å². The molecule has 1 aromatic rings. The topological polar surface area (TPSA) is 48.9 Å². The molecule has 0 atom stereocenters. The fourth-order valence-electron chi connectivity index (χ4n) is 3.29. The molecule has 2 fully saturated rings. The molecule has 1 heterocycles. The lowest BCUT2D eigenvalue weighted by Crippen LogP contribution is -2.48. The highest BCUT2D eigenvalue weighted by Gasteiger charge is 2.22. The van der Waals surface area contributed by atoms with Gasteiger partial charge >= 0.3 is 0 Å². The molecule has 0 bridgehead atoms. The SMILES string of the molecule is C=CCN1CCC(NC(=NC)NCc2ccccc2OCC2CC2)CC1.I. The lowest BCUT2D eigenvalue weighted by molar-refractivity contribution is 0.225. The van der Waals surface area contributed by atoms with Gasteiger partial charge in [0.25, 0.3) is 0 Å². The first-order valence-electron chi connectivity index (χ1n) is 9.79. The van der Waals surface area contributed by atoms with Gasteiger partial charge in [0.05, 0.1) is 6.61 Å². The molecule has 1 aliphatic heterocycles. The van der Waals surface area contributed by atoms with Crippen molar-refractivity contribution in [2.24, 2.45) is 10.9 Å². The van der Waals surface area contributed by atoms with E-state index in [1.807, 2.05) is 19.2 Å². The third kappa shape index (κ3) is 7.33. The van der Waals surface area contributed by atoms with E-state index < -0.39 is 0 Å². The summed E-state index contributed by atoms with van der Waals surface area (Å²) in [6, 6.07) is 8.76. The molecule has 5 nitrogen and oxygen atoms in total. The number of hydrogen-bond acceptors (Lipinski definition) is 3. The Morgan fingerprint density at radius 1 is 1.26 bits per heavy atom. The quantitative estimate of drug-likeness (QED) is 0.257. The minimum atomic E-state index is 0. The Labute approximate surface area is 180 Å². The Morgan fingerprint density at radius 2 is 2.00 bits per heavy atom. The lowest BCUT2D eigenvalue weighted by Gasteiger charge is -2.32. The second-order valence-electron chi connectivity index (χ2n) is 7.30. The van der Waals surface area contributed by atoms with Gasteiger partial charge in [-0.25, -0.2) is 0 Å². The van der Waals surface area contributed by atoms with Crippen molar-refractivity contribution in [3.8, 4) is 5.75 Å². The van der Waals surface area contributed by atoms with Crippen LogP contribution in [-0.2, 0) is 6.54 Å². The first kappa shape index (κ1) is 22.0. The van der Waals surface area contributed by atoms with Crippen LogP contribution in [0.15, 0.2) is 41.9 Å². The van der Waals surface area contributed by atoms with Gasteiger partial charge in [-0.15, -0.1) is 30.6 Å². The van der Waals surface area contributed by atoms with E-state index in [1.165, 1.54) is 18.4 Å². The number of nitrogens with zero attached hydrogens (tertiary/aromatic N) is 2. The van der Waals surface area contributed by atoms with Crippen LogP contribution in [0.4, 0.5) is 0 Å². The van der Waals surface area contributed by atoms with E-state index in [0.717, 1.165) is 63.3 Å². The zero-order chi connectivity index (χ0) is 18.2. The van der Waals surface area contributed by atoms with Crippen molar-refractivity contribution >= 4 is 29.9 Å². The van der Waals surface area contributed by atoms with Gasteiger partial charge in [-0.2, -0.15) is 0 Å². The minimum Gasteiger partial charge on any atom is -0.493 e. The maximum atomic E-state index is 6.00. The molecule has 1 saturated heterocycles. The molecule has 2 aliphatic rings. The normalized spacial score (nSPS) is 18.5. The smallest absolute Gasteiger partial charge is 0.191 e. The summed E-state index contributed by atoms with van der Waals surface area (Å²) in [5, 5.41) is 7.01. The van der Waals surface area contributed by atoms with Crippen molar-refractivity contribution in [3.63, 3.8) is 0 Å². The average molecular weight is 484 g/mol. The van der Waals surface area contributed by atoms with E-state index in [-0.39, 0.29) is 24.0 Å². The van der Waals surface area contributed by atoms with Gasteiger partial charge in [0.2, 0.25) is 0 Å². The van der Waals surface area contributed by atoms with Crippen LogP contribution in [0.2, 0.25) is 0 Å². The predicted molar refractivity (Wildman–Crippen MR) is 123 cm³/mol. The highest BCUT2D eigenvalue weighted by atomic mass is 127. The van der Waals surface area contributed by atoms with Gasteiger partial charge in [0.1, 0.15) is 5.75 Å². The number of ether oxygens (including phenoxy) is 1. The van der Waals surface area contributed by atoms with Crippen molar-refractivity contribution in [1.29, 1.82) is 0 Å². The first-order valence-corrected chi connectivity index (χ1v) is 9.79. The highest BCUT2D eigenvalue weighted by molar-refractivity contribution is 14.0. The number of rotatable bonds is 8. The number of likely N-dealkylation sites (tertiary alicyclic amines) is 1. The number of guanidine groups is 1. The molecule has 0 unspecified atom stereocenters. The van der Waals surface area contributed by atoms with Gasteiger partial charge in [-0.3, -0.25) is 9.89 Å². The highest BCUT2D eigenvalue weighted by Crippen LogP contribution is 2.30. The number of piperidine rings is 1. The zero-order valence-electron chi connectivity index (χ0n) is 16.3. The molecule has 1 saturated carbocycles. The Hall–Kier alpha value is -1.28.